The van der Waals surface area contributed by atoms with E-state index < -0.39 is 0 Å². The Morgan fingerprint density at radius 2 is 1.93 bits per heavy atom. The van der Waals surface area contributed by atoms with Crippen LogP contribution < -0.4 is 5.32 Å². The highest BCUT2D eigenvalue weighted by Crippen LogP contribution is 2.26. The van der Waals surface area contributed by atoms with Crippen molar-refractivity contribution in [3.63, 3.8) is 0 Å². The topological polar surface area (TPSA) is 99.7 Å². The molecule has 5 rings (SSSR count). The summed E-state index contributed by atoms with van der Waals surface area (Å²) in [6, 6.07) is 8.09. The Kier molecular flexibility index (Phi) is 4.68. The minimum Gasteiger partial charge on any atom is -0.318 e. The highest BCUT2D eigenvalue weighted by atomic mass is 16.1. The first kappa shape index (κ1) is 18.4. The lowest BCUT2D eigenvalue weighted by atomic mass is 10.0. The van der Waals surface area contributed by atoms with Gasteiger partial charge in [-0.05, 0) is 55.8 Å². The monoisotopic (exact) mass is 399 g/mol. The molecule has 1 aromatic carbocycles. The number of hydrogen-bond donors (Lipinski definition) is 2. The van der Waals surface area contributed by atoms with Gasteiger partial charge in [0.1, 0.15) is 5.82 Å². The Balaban J connectivity index is 1.43. The second kappa shape index (κ2) is 7.64. The lowest BCUT2D eigenvalue weighted by Crippen LogP contribution is -2.36. The molecule has 0 saturated carbocycles. The van der Waals surface area contributed by atoms with Gasteiger partial charge in [-0.2, -0.15) is 5.10 Å². The number of carbonyl (C=O) groups is 1. The lowest BCUT2D eigenvalue weighted by molar-refractivity contribution is 0.102. The van der Waals surface area contributed by atoms with Gasteiger partial charge in [-0.1, -0.05) is 6.07 Å². The molecule has 0 spiro atoms. The van der Waals surface area contributed by atoms with E-state index in [-0.39, 0.29) is 5.91 Å². The molecule has 0 bridgehead atoms. The fraction of sp³-hybridized carbons (Fsp3) is 0.227. The average Bonchev–Trinajstić information content (AvgIpc) is 3.16. The summed E-state index contributed by atoms with van der Waals surface area (Å²) < 4.78 is 0. The van der Waals surface area contributed by atoms with Crippen LogP contribution in [0.2, 0.25) is 0 Å². The van der Waals surface area contributed by atoms with Crippen molar-refractivity contribution in [3.05, 3.63) is 66.1 Å². The fourth-order valence-corrected chi connectivity index (χ4v) is 3.54. The highest BCUT2D eigenvalue weighted by Gasteiger charge is 2.17. The number of carbonyl (C=O) groups excluding carboxylic acids is 1. The summed E-state index contributed by atoms with van der Waals surface area (Å²) in [5.41, 5.74) is 4.87. The number of aromatic nitrogens is 5. The zero-order valence-corrected chi connectivity index (χ0v) is 16.6. The molecule has 0 aliphatic carbocycles. The molecule has 0 radical (unpaired) electrons. The predicted molar refractivity (Wildman–Crippen MR) is 114 cm³/mol. The molecule has 4 heterocycles. The molecule has 1 saturated heterocycles. The number of likely N-dealkylation sites (tertiary alicyclic amines) is 1. The van der Waals surface area contributed by atoms with Gasteiger partial charge < -0.3 is 5.32 Å². The normalized spacial score (nSPS) is 13.9. The maximum absolute atomic E-state index is 12.8. The minimum absolute atomic E-state index is 0.310. The molecule has 0 unspecified atom stereocenters. The van der Waals surface area contributed by atoms with Crippen LogP contribution in [0.15, 0.2) is 49.1 Å². The van der Waals surface area contributed by atoms with E-state index in [1.807, 2.05) is 30.6 Å². The van der Waals surface area contributed by atoms with Crippen LogP contribution in [0.5, 0.6) is 0 Å². The standard InChI is InChI=1S/C22H21N7O/c1-14-24-11-18(12-25-14)26-22(30)21-19-8-16(3-4-20(19)27-28-21)17-7-15(9-23-10-17)13-29-5-2-6-29/h3-4,7-12H,2,5-6,13H2,1H3,(H,26,30)(H,27,28). The molecule has 0 atom stereocenters. The van der Waals surface area contributed by atoms with Gasteiger partial charge in [0.05, 0.1) is 23.6 Å². The fourth-order valence-electron chi connectivity index (χ4n) is 3.54. The van der Waals surface area contributed by atoms with E-state index in [2.05, 4.69) is 41.4 Å². The van der Waals surface area contributed by atoms with Crippen LogP contribution in [0.25, 0.3) is 22.0 Å². The molecule has 1 aliphatic heterocycles. The van der Waals surface area contributed by atoms with Crippen LogP contribution in [-0.2, 0) is 6.54 Å². The molecule has 150 valence electrons. The summed E-state index contributed by atoms with van der Waals surface area (Å²) in [7, 11) is 0. The van der Waals surface area contributed by atoms with Crippen LogP contribution in [0.1, 0.15) is 28.3 Å². The number of nitrogens with zero attached hydrogens (tertiary/aromatic N) is 5. The Morgan fingerprint density at radius 3 is 2.70 bits per heavy atom. The smallest absolute Gasteiger partial charge is 0.276 e. The molecular formula is C22H21N7O. The summed E-state index contributed by atoms with van der Waals surface area (Å²) >= 11 is 0. The number of amides is 1. The van der Waals surface area contributed by atoms with Crippen molar-refractivity contribution in [1.82, 2.24) is 30.0 Å². The molecule has 30 heavy (non-hydrogen) atoms. The zero-order chi connectivity index (χ0) is 20.5. The van der Waals surface area contributed by atoms with E-state index >= 15 is 0 Å². The second-order valence-electron chi connectivity index (χ2n) is 7.52. The Bertz CT molecular complexity index is 1210. The number of pyridine rings is 1. The molecule has 8 heteroatoms. The Hall–Kier alpha value is -3.65. The third kappa shape index (κ3) is 3.65. The SMILES string of the molecule is Cc1ncc(NC(=O)c2n[nH]c3ccc(-c4cncc(CN5CCC5)c4)cc23)cn1. The van der Waals surface area contributed by atoms with Crippen LogP contribution in [0, 0.1) is 6.92 Å². The maximum Gasteiger partial charge on any atom is 0.276 e. The summed E-state index contributed by atoms with van der Waals surface area (Å²) in [6.07, 6.45) is 8.19. The maximum atomic E-state index is 12.8. The van der Waals surface area contributed by atoms with Gasteiger partial charge in [-0.25, -0.2) is 9.97 Å². The zero-order valence-electron chi connectivity index (χ0n) is 16.6. The minimum atomic E-state index is -0.310. The number of rotatable bonds is 5. The van der Waals surface area contributed by atoms with Gasteiger partial charge in [0.2, 0.25) is 0 Å². The van der Waals surface area contributed by atoms with Gasteiger partial charge in [0, 0.05) is 29.9 Å². The number of H-pyrrole nitrogens is 1. The van der Waals surface area contributed by atoms with Crippen LogP contribution in [-0.4, -0.2) is 49.0 Å². The molecule has 1 fully saturated rings. The number of aryl methyl sites for hydroxylation is 1. The molecular weight excluding hydrogens is 378 g/mol. The van der Waals surface area contributed by atoms with Crippen molar-refractivity contribution in [3.8, 4) is 11.1 Å². The summed E-state index contributed by atoms with van der Waals surface area (Å²) in [5, 5.41) is 10.7. The summed E-state index contributed by atoms with van der Waals surface area (Å²) in [5.74, 6) is 0.336. The van der Waals surface area contributed by atoms with Crippen molar-refractivity contribution in [1.29, 1.82) is 0 Å². The van der Waals surface area contributed by atoms with Crippen molar-refractivity contribution >= 4 is 22.5 Å². The number of hydrogen-bond acceptors (Lipinski definition) is 6. The molecule has 8 nitrogen and oxygen atoms in total. The quantitative estimate of drug-likeness (QED) is 0.535. The van der Waals surface area contributed by atoms with Gasteiger partial charge in [0.25, 0.3) is 5.91 Å². The first-order valence-electron chi connectivity index (χ1n) is 9.90. The molecule has 4 aromatic rings. The summed E-state index contributed by atoms with van der Waals surface area (Å²) in [6.45, 7) is 5.01. The average molecular weight is 399 g/mol. The second-order valence-corrected chi connectivity index (χ2v) is 7.52. The summed E-state index contributed by atoms with van der Waals surface area (Å²) in [4.78, 5) is 27.8. The molecule has 1 amide bonds. The largest absolute Gasteiger partial charge is 0.318 e. The Labute approximate surface area is 173 Å². The Morgan fingerprint density at radius 1 is 1.10 bits per heavy atom. The van der Waals surface area contributed by atoms with E-state index in [1.165, 1.54) is 12.0 Å². The first-order chi connectivity index (χ1) is 14.7. The molecule has 1 aliphatic rings. The van der Waals surface area contributed by atoms with E-state index in [0.29, 0.717) is 17.2 Å². The van der Waals surface area contributed by atoms with Crippen LogP contribution in [0.4, 0.5) is 5.69 Å². The third-order valence-electron chi connectivity index (χ3n) is 5.30. The van der Waals surface area contributed by atoms with Gasteiger partial charge in [-0.15, -0.1) is 0 Å². The van der Waals surface area contributed by atoms with Crippen molar-refractivity contribution in [2.75, 3.05) is 18.4 Å². The van der Waals surface area contributed by atoms with Gasteiger partial charge in [0.15, 0.2) is 5.69 Å². The van der Waals surface area contributed by atoms with Crippen molar-refractivity contribution in [2.24, 2.45) is 0 Å². The highest BCUT2D eigenvalue weighted by molar-refractivity contribution is 6.11. The predicted octanol–water partition coefficient (Wildman–Crippen LogP) is 3.18. The number of anilines is 1. The third-order valence-corrected chi connectivity index (χ3v) is 5.30. The lowest BCUT2D eigenvalue weighted by Gasteiger charge is -2.30. The number of aromatic amines is 1. The van der Waals surface area contributed by atoms with E-state index in [4.69, 9.17) is 0 Å². The number of nitrogens with one attached hydrogen (secondary N) is 2. The van der Waals surface area contributed by atoms with E-state index in [0.717, 1.165) is 41.7 Å². The number of benzene rings is 1. The van der Waals surface area contributed by atoms with E-state index in [9.17, 15) is 4.79 Å². The molecule has 3 aromatic heterocycles. The van der Waals surface area contributed by atoms with Crippen LogP contribution in [0.3, 0.4) is 0 Å². The van der Waals surface area contributed by atoms with Crippen molar-refractivity contribution in [2.45, 2.75) is 19.9 Å². The van der Waals surface area contributed by atoms with E-state index in [1.54, 1.807) is 19.3 Å². The van der Waals surface area contributed by atoms with Gasteiger partial charge in [-0.3, -0.25) is 19.8 Å². The van der Waals surface area contributed by atoms with Crippen molar-refractivity contribution < 1.29 is 4.79 Å². The first-order valence-corrected chi connectivity index (χ1v) is 9.90. The van der Waals surface area contributed by atoms with Gasteiger partial charge >= 0.3 is 0 Å². The molecule has 2 N–H and O–H groups in total. The van der Waals surface area contributed by atoms with Crippen LogP contribution >= 0.6 is 0 Å². The number of fused-ring (bicyclic) bond motifs is 1.